The van der Waals surface area contributed by atoms with Crippen molar-refractivity contribution in [1.29, 1.82) is 10.7 Å². The summed E-state index contributed by atoms with van der Waals surface area (Å²) in [5, 5.41) is 17.5. The van der Waals surface area contributed by atoms with Crippen LogP contribution < -0.4 is 15.5 Å². The average molecular weight is 494 g/mol. The summed E-state index contributed by atoms with van der Waals surface area (Å²) in [6.45, 7) is 5.24. The number of nitrogens with two attached hydrogens (primary N) is 1. The van der Waals surface area contributed by atoms with E-state index in [0.29, 0.717) is 28.1 Å². The zero-order chi connectivity index (χ0) is 24.4. The molecule has 7 nitrogen and oxygen atoms in total. The Bertz CT molecular complexity index is 1100. The largest absolute Gasteiger partial charge is 0.396 e. The van der Waals surface area contributed by atoms with Gasteiger partial charge in [-0.1, -0.05) is 23.7 Å². The lowest BCUT2D eigenvalue weighted by Gasteiger charge is -2.37. The number of nitrogen functional groups attached to an aromatic ring is 1. The summed E-state index contributed by atoms with van der Waals surface area (Å²) < 4.78 is 11.4. The van der Waals surface area contributed by atoms with E-state index in [0.717, 1.165) is 70.8 Å². The normalized spacial score (nSPS) is 21.8. The Morgan fingerprint density at radius 1 is 1.00 bits per heavy atom. The zero-order valence-electron chi connectivity index (χ0n) is 19.9. The molecule has 1 unspecified atom stereocenters. The molecule has 0 bridgehead atoms. The second-order valence-corrected chi connectivity index (χ2v) is 10.1. The van der Waals surface area contributed by atoms with Crippen molar-refractivity contribution in [1.82, 2.24) is 0 Å². The number of hydrogen-bond donors (Lipinski definition) is 2. The van der Waals surface area contributed by atoms with E-state index in [1.807, 2.05) is 12.1 Å². The van der Waals surface area contributed by atoms with Gasteiger partial charge in [0.1, 0.15) is 11.8 Å². The summed E-state index contributed by atoms with van der Waals surface area (Å²) in [6.07, 6.45) is 4.36. The Balaban J connectivity index is 1.24. The SMILES string of the molecule is N#CC(=N)c1c(Cl)ccc(N2CCCC(c3ccc(N4CCC(C5OCCO5)CC4)cc3)C2)c1N. The smallest absolute Gasteiger partial charge is 0.160 e. The van der Waals surface area contributed by atoms with Gasteiger partial charge in [0.15, 0.2) is 6.29 Å². The van der Waals surface area contributed by atoms with Crippen LogP contribution in [0.15, 0.2) is 36.4 Å². The minimum Gasteiger partial charge on any atom is -0.396 e. The molecule has 3 fully saturated rings. The first-order chi connectivity index (χ1) is 17.0. The lowest BCUT2D eigenvalue weighted by atomic mass is 9.89. The van der Waals surface area contributed by atoms with E-state index in [1.54, 1.807) is 6.07 Å². The molecule has 0 aromatic heterocycles. The fourth-order valence-corrected chi connectivity index (χ4v) is 5.93. The van der Waals surface area contributed by atoms with E-state index in [2.05, 4.69) is 34.1 Å². The van der Waals surface area contributed by atoms with Gasteiger partial charge in [-0.3, -0.25) is 5.41 Å². The summed E-state index contributed by atoms with van der Waals surface area (Å²) in [4.78, 5) is 4.72. The van der Waals surface area contributed by atoms with Gasteiger partial charge in [0.25, 0.3) is 0 Å². The fraction of sp³-hybridized carbons (Fsp3) is 0.481. The maximum absolute atomic E-state index is 9.19. The molecular weight excluding hydrogens is 462 g/mol. The quantitative estimate of drug-likeness (QED) is 0.459. The number of nitrogens with one attached hydrogen (secondary N) is 1. The number of halogens is 1. The van der Waals surface area contributed by atoms with Gasteiger partial charge in [-0.15, -0.1) is 0 Å². The number of nitriles is 1. The van der Waals surface area contributed by atoms with Crippen molar-refractivity contribution in [3.05, 3.63) is 52.5 Å². The molecule has 0 radical (unpaired) electrons. The number of nitrogens with zero attached hydrogens (tertiary/aromatic N) is 3. The first-order valence-corrected chi connectivity index (χ1v) is 12.8. The number of hydrogen-bond acceptors (Lipinski definition) is 7. The molecule has 35 heavy (non-hydrogen) atoms. The Morgan fingerprint density at radius 2 is 1.71 bits per heavy atom. The molecule has 3 aliphatic heterocycles. The summed E-state index contributed by atoms with van der Waals surface area (Å²) in [7, 11) is 0. The highest BCUT2D eigenvalue weighted by molar-refractivity contribution is 6.36. The fourth-order valence-electron chi connectivity index (χ4n) is 5.67. The van der Waals surface area contributed by atoms with Gasteiger partial charge in [-0.05, 0) is 55.5 Å². The number of benzene rings is 2. The van der Waals surface area contributed by atoms with Crippen LogP contribution in [0.2, 0.25) is 5.02 Å². The van der Waals surface area contributed by atoms with Gasteiger partial charge in [0, 0.05) is 43.7 Å². The van der Waals surface area contributed by atoms with Gasteiger partial charge in [0.05, 0.1) is 35.2 Å². The van der Waals surface area contributed by atoms with E-state index in [9.17, 15) is 5.26 Å². The van der Waals surface area contributed by atoms with Crippen LogP contribution >= 0.6 is 11.6 Å². The van der Waals surface area contributed by atoms with Crippen LogP contribution in [-0.4, -0.2) is 51.4 Å². The van der Waals surface area contributed by atoms with Gasteiger partial charge in [-0.25, -0.2) is 0 Å². The highest BCUT2D eigenvalue weighted by atomic mass is 35.5. The topological polar surface area (TPSA) is 98.6 Å². The number of rotatable bonds is 5. The standard InChI is InChI=1S/C27H32ClN5O2/c28-22-7-8-24(26(31)25(22)23(30)16-29)33-11-1-2-20(17-33)18-3-5-21(6-4-18)32-12-9-19(10-13-32)27-34-14-15-35-27/h3-8,19-20,27,30H,1-2,9-15,17,31H2. The minimum atomic E-state index is -0.203. The first-order valence-electron chi connectivity index (χ1n) is 12.4. The lowest BCUT2D eigenvalue weighted by molar-refractivity contribution is -0.0889. The molecule has 0 amide bonds. The molecule has 3 aliphatic rings. The monoisotopic (exact) mass is 493 g/mol. The van der Waals surface area contributed by atoms with E-state index in [4.69, 9.17) is 32.2 Å². The Labute approximate surface area is 211 Å². The van der Waals surface area contributed by atoms with Crippen LogP contribution in [0.25, 0.3) is 0 Å². The second kappa shape index (κ2) is 10.4. The predicted octanol–water partition coefficient (Wildman–Crippen LogP) is 4.79. The summed E-state index contributed by atoms with van der Waals surface area (Å²) in [5.74, 6) is 0.896. The van der Waals surface area contributed by atoms with E-state index in [1.165, 1.54) is 11.3 Å². The highest BCUT2D eigenvalue weighted by Gasteiger charge is 2.31. The van der Waals surface area contributed by atoms with Crippen LogP contribution in [0.5, 0.6) is 0 Å². The third kappa shape index (κ3) is 4.97. The molecule has 3 N–H and O–H groups in total. The minimum absolute atomic E-state index is 0.00924. The maximum Gasteiger partial charge on any atom is 0.160 e. The Morgan fingerprint density at radius 3 is 2.40 bits per heavy atom. The van der Waals surface area contributed by atoms with Crippen LogP contribution in [0.1, 0.15) is 42.7 Å². The van der Waals surface area contributed by atoms with Crippen molar-refractivity contribution in [2.24, 2.45) is 5.92 Å². The lowest BCUT2D eigenvalue weighted by Crippen LogP contribution is -2.38. The van der Waals surface area contributed by atoms with Crippen LogP contribution in [0, 0.1) is 22.7 Å². The molecule has 8 heteroatoms. The molecule has 3 heterocycles. The molecule has 0 saturated carbocycles. The average Bonchev–Trinajstić information content (AvgIpc) is 3.44. The Kier molecular flexibility index (Phi) is 7.14. The molecule has 5 rings (SSSR count). The molecule has 184 valence electrons. The number of ether oxygens (including phenoxy) is 2. The van der Waals surface area contributed by atoms with Crippen LogP contribution in [-0.2, 0) is 9.47 Å². The zero-order valence-corrected chi connectivity index (χ0v) is 20.6. The summed E-state index contributed by atoms with van der Waals surface area (Å²) in [5.41, 5.74) is 10.4. The van der Waals surface area contributed by atoms with Crippen molar-refractivity contribution in [2.75, 3.05) is 54.9 Å². The number of anilines is 3. The molecular formula is C27H32ClN5O2. The predicted molar refractivity (Wildman–Crippen MR) is 140 cm³/mol. The van der Waals surface area contributed by atoms with Gasteiger partial charge >= 0.3 is 0 Å². The van der Waals surface area contributed by atoms with Crippen molar-refractivity contribution in [3.8, 4) is 6.07 Å². The van der Waals surface area contributed by atoms with Crippen molar-refractivity contribution in [3.63, 3.8) is 0 Å². The van der Waals surface area contributed by atoms with Crippen LogP contribution in [0.3, 0.4) is 0 Å². The van der Waals surface area contributed by atoms with Crippen LogP contribution in [0.4, 0.5) is 17.1 Å². The summed E-state index contributed by atoms with van der Waals surface area (Å²) in [6, 6.07) is 14.5. The third-order valence-electron chi connectivity index (χ3n) is 7.60. The van der Waals surface area contributed by atoms with E-state index in [-0.39, 0.29) is 12.0 Å². The maximum atomic E-state index is 9.19. The van der Waals surface area contributed by atoms with Crippen molar-refractivity contribution in [2.45, 2.75) is 37.9 Å². The molecule has 2 aromatic rings. The molecule has 0 aliphatic carbocycles. The van der Waals surface area contributed by atoms with E-state index < -0.39 is 0 Å². The molecule has 1 atom stereocenters. The molecule has 2 aromatic carbocycles. The van der Waals surface area contributed by atoms with Crippen molar-refractivity contribution < 1.29 is 9.47 Å². The summed E-state index contributed by atoms with van der Waals surface area (Å²) >= 11 is 6.25. The second-order valence-electron chi connectivity index (χ2n) is 9.65. The number of piperidine rings is 2. The Hall–Kier alpha value is -2.79. The third-order valence-corrected chi connectivity index (χ3v) is 7.91. The van der Waals surface area contributed by atoms with Gasteiger partial charge in [0.2, 0.25) is 0 Å². The molecule has 0 spiro atoms. The first kappa shape index (κ1) is 23.9. The van der Waals surface area contributed by atoms with Crippen molar-refractivity contribution >= 4 is 34.4 Å². The van der Waals surface area contributed by atoms with Gasteiger partial charge in [-0.2, -0.15) is 5.26 Å². The van der Waals surface area contributed by atoms with Gasteiger partial charge < -0.3 is 25.0 Å². The highest BCUT2D eigenvalue weighted by Crippen LogP contribution is 2.37. The molecule has 3 saturated heterocycles. The van der Waals surface area contributed by atoms with E-state index >= 15 is 0 Å².